The Hall–Kier alpha value is -2.55. The van der Waals surface area contributed by atoms with E-state index in [-0.39, 0.29) is 5.43 Å². The summed E-state index contributed by atoms with van der Waals surface area (Å²) in [5.41, 5.74) is 3.61. The summed E-state index contributed by atoms with van der Waals surface area (Å²) in [6.45, 7) is 6.31. The Morgan fingerprint density at radius 1 is 1.17 bits per heavy atom. The number of para-hydroxylation sites is 1. The minimum atomic E-state index is -0.0228. The van der Waals surface area contributed by atoms with Gasteiger partial charge in [-0.15, -0.1) is 0 Å². The Morgan fingerprint density at radius 2 is 1.92 bits per heavy atom. The van der Waals surface area contributed by atoms with Crippen molar-refractivity contribution in [3.63, 3.8) is 0 Å². The molecule has 0 fully saturated rings. The van der Waals surface area contributed by atoms with E-state index >= 15 is 0 Å². The Bertz CT molecular complexity index is 937. The fraction of sp³-hybridized carbons (Fsp3) is 0.286. The van der Waals surface area contributed by atoms with Crippen LogP contribution < -0.4 is 10.2 Å². The van der Waals surface area contributed by atoms with Crippen LogP contribution in [0.3, 0.4) is 0 Å². The van der Waals surface area contributed by atoms with Crippen molar-refractivity contribution in [2.45, 2.75) is 33.1 Å². The van der Waals surface area contributed by atoms with Gasteiger partial charge in [0.15, 0.2) is 5.43 Å². The third kappa shape index (κ3) is 2.82. The van der Waals surface area contributed by atoms with Gasteiger partial charge in [-0.25, -0.2) is 0 Å². The molecular weight excluding hydrogens is 300 g/mol. The molecule has 0 saturated heterocycles. The standard InChI is InChI=1S/C21H22O3/c1-5-14(3)16-10-13(2)11-17-18(22)12-20(24-21(16)17)15-8-6-7-9-19(15)23-4/h6-12,14H,5H2,1-4H3. The van der Waals surface area contributed by atoms with Gasteiger partial charge in [0.05, 0.1) is 18.1 Å². The molecule has 3 heteroatoms. The summed E-state index contributed by atoms with van der Waals surface area (Å²) in [6.07, 6.45) is 0.987. The predicted molar refractivity (Wildman–Crippen MR) is 97.9 cm³/mol. The molecule has 1 atom stereocenters. The van der Waals surface area contributed by atoms with E-state index in [2.05, 4.69) is 19.9 Å². The zero-order chi connectivity index (χ0) is 17.3. The molecule has 24 heavy (non-hydrogen) atoms. The summed E-state index contributed by atoms with van der Waals surface area (Å²) in [7, 11) is 1.62. The van der Waals surface area contributed by atoms with Gasteiger partial charge in [0.1, 0.15) is 17.1 Å². The Labute approximate surface area is 141 Å². The van der Waals surface area contributed by atoms with E-state index < -0.39 is 0 Å². The zero-order valence-corrected chi connectivity index (χ0v) is 14.6. The zero-order valence-electron chi connectivity index (χ0n) is 14.6. The lowest BCUT2D eigenvalue weighted by Crippen LogP contribution is -2.04. The van der Waals surface area contributed by atoms with Crippen molar-refractivity contribution in [3.05, 3.63) is 63.8 Å². The van der Waals surface area contributed by atoms with Crippen LogP contribution in [0.2, 0.25) is 0 Å². The first kappa shape index (κ1) is 16.3. The number of fused-ring (bicyclic) bond motifs is 1. The molecular formula is C21H22O3. The molecule has 0 amide bonds. The van der Waals surface area contributed by atoms with E-state index in [1.165, 1.54) is 0 Å². The molecule has 3 nitrogen and oxygen atoms in total. The summed E-state index contributed by atoms with van der Waals surface area (Å²) < 4.78 is 11.6. The second-order valence-corrected chi connectivity index (χ2v) is 6.22. The molecule has 0 saturated carbocycles. The lowest BCUT2D eigenvalue weighted by atomic mass is 9.94. The van der Waals surface area contributed by atoms with E-state index in [1.54, 1.807) is 13.2 Å². The number of ether oxygens (including phenoxy) is 1. The average Bonchev–Trinajstić information content (AvgIpc) is 2.60. The molecule has 0 bridgehead atoms. The molecule has 0 radical (unpaired) electrons. The highest BCUT2D eigenvalue weighted by Crippen LogP contribution is 2.34. The minimum Gasteiger partial charge on any atom is -0.496 e. The number of rotatable bonds is 4. The Kier molecular flexibility index (Phi) is 4.43. The van der Waals surface area contributed by atoms with Crippen molar-refractivity contribution in [2.24, 2.45) is 0 Å². The molecule has 0 spiro atoms. The number of hydrogen-bond donors (Lipinski definition) is 0. The first-order valence-corrected chi connectivity index (χ1v) is 8.27. The largest absolute Gasteiger partial charge is 0.496 e. The highest BCUT2D eigenvalue weighted by atomic mass is 16.5. The number of methoxy groups -OCH3 is 1. The Morgan fingerprint density at radius 3 is 2.62 bits per heavy atom. The van der Waals surface area contributed by atoms with Gasteiger partial charge >= 0.3 is 0 Å². The second-order valence-electron chi connectivity index (χ2n) is 6.22. The maximum Gasteiger partial charge on any atom is 0.193 e. The van der Waals surface area contributed by atoms with Crippen molar-refractivity contribution in [2.75, 3.05) is 7.11 Å². The van der Waals surface area contributed by atoms with Crippen molar-refractivity contribution in [3.8, 4) is 17.1 Å². The van der Waals surface area contributed by atoms with Crippen LogP contribution in [0.1, 0.15) is 37.3 Å². The molecule has 0 aliphatic rings. The number of aryl methyl sites for hydroxylation is 1. The fourth-order valence-electron chi connectivity index (χ4n) is 3.00. The van der Waals surface area contributed by atoms with Crippen LogP contribution >= 0.6 is 0 Å². The first-order valence-electron chi connectivity index (χ1n) is 8.27. The summed E-state index contributed by atoms with van der Waals surface area (Å²) >= 11 is 0. The van der Waals surface area contributed by atoms with E-state index in [1.807, 2.05) is 37.3 Å². The van der Waals surface area contributed by atoms with Gasteiger partial charge < -0.3 is 9.15 Å². The van der Waals surface area contributed by atoms with Gasteiger partial charge in [0.25, 0.3) is 0 Å². The summed E-state index contributed by atoms with van der Waals surface area (Å²) in [5.74, 6) is 1.55. The molecule has 1 aromatic heterocycles. The quantitative estimate of drug-likeness (QED) is 0.655. The van der Waals surface area contributed by atoms with E-state index in [9.17, 15) is 4.79 Å². The molecule has 1 heterocycles. The number of hydrogen-bond acceptors (Lipinski definition) is 3. The van der Waals surface area contributed by atoms with E-state index in [4.69, 9.17) is 9.15 Å². The first-order chi connectivity index (χ1) is 11.5. The average molecular weight is 322 g/mol. The molecule has 3 aromatic rings. The highest BCUT2D eigenvalue weighted by Gasteiger charge is 2.16. The van der Waals surface area contributed by atoms with Crippen molar-refractivity contribution < 1.29 is 9.15 Å². The second kappa shape index (κ2) is 6.52. The third-order valence-corrected chi connectivity index (χ3v) is 4.52. The molecule has 0 aliphatic heterocycles. The smallest absolute Gasteiger partial charge is 0.193 e. The van der Waals surface area contributed by atoms with Crippen LogP contribution in [0, 0.1) is 6.92 Å². The van der Waals surface area contributed by atoms with Crippen LogP contribution in [-0.4, -0.2) is 7.11 Å². The predicted octanol–water partition coefficient (Wildman–Crippen LogP) is 5.29. The lowest BCUT2D eigenvalue weighted by Gasteiger charge is -2.14. The monoisotopic (exact) mass is 322 g/mol. The lowest BCUT2D eigenvalue weighted by molar-refractivity contribution is 0.415. The summed E-state index contributed by atoms with van der Waals surface area (Å²) in [5, 5.41) is 0.643. The SMILES string of the molecule is CCC(C)c1cc(C)cc2c(=O)cc(-c3ccccc3OC)oc12. The maximum atomic E-state index is 12.7. The Balaban J connectivity index is 2.33. The van der Waals surface area contributed by atoms with Gasteiger partial charge in [-0.2, -0.15) is 0 Å². The van der Waals surface area contributed by atoms with Crippen molar-refractivity contribution in [1.29, 1.82) is 0 Å². The molecule has 1 unspecified atom stereocenters. The van der Waals surface area contributed by atoms with Crippen LogP contribution in [0.5, 0.6) is 5.75 Å². The summed E-state index contributed by atoms with van der Waals surface area (Å²) in [4.78, 5) is 12.7. The van der Waals surface area contributed by atoms with E-state index in [0.717, 1.165) is 23.1 Å². The van der Waals surface area contributed by atoms with Crippen LogP contribution in [0.15, 0.2) is 51.7 Å². The van der Waals surface area contributed by atoms with Crippen molar-refractivity contribution in [1.82, 2.24) is 0 Å². The van der Waals surface area contributed by atoms with Gasteiger partial charge in [0, 0.05) is 6.07 Å². The molecule has 0 aliphatic carbocycles. The summed E-state index contributed by atoms with van der Waals surface area (Å²) in [6, 6.07) is 13.1. The van der Waals surface area contributed by atoms with Gasteiger partial charge in [-0.1, -0.05) is 32.0 Å². The molecule has 124 valence electrons. The fourth-order valence-corrected chi connectivity index (χ4v) is 3.00. The van der Waals surface area contributed by atoms with E-state index in [0.29, 0.717) is 28.4 Å². The normalized spacial score (nSPS) is 12.3. The minimum absolute atomic E-state index is 0.0228. The molecule has 0 N–H and O–H groups in total. The molecule has 2 aromatic carbocycles. The van der Waals surface area contributed by atoms with Crippen molar-refractivity contribution >= 4 is 11.0 Å². The van der Waals surface area contributed by atoms with Gasteiger partial charge in [-0.3, -0.25) is 4.79 Å². The highest BCUT2D eigenvalue weighted by molar-refractivity contribution is 5.83. The third-order valence-electron chi connectivity index (χ3n) is 4.52. The van der Waals surface area contributed by atoms with Gasteiger partial charge in [0.2, 0.25) is 0 Å². The number of benzene rings is 2. The van der Waals surface area contributed by atoms with Crippen LogP contribution in [0.25, 0.3) is 22.3 Å². The molecule has 3 rings (SSSR count). The van der Waals surface area contributed by atoms with Crippen LogP contribution in [0.4, 0.5) is 0 Å². The van der Waals surface area contributed by atoms with Gasteiger partial charge in [-0.05, 0) is 48.6 Å². The topological polar surface area (TPSA) is 39.4 Å². The van der Waals surface area contributed by atoms with Crippen LogP contribution in [-0.2, 0) is 0 Å². The maximum absolute atomic E-state index is 12.7.